The van der Waals surface area contributed by atoms with Crippen LogP contribution < -0.4 is 0 Å². The van der Waals surface area contributed by atoms with Crippen molar-refractivity contribution < 1.29 is 0 Å². The smallest absolute Gasteiger partial charge is 0.0392 e. The summed E-state index contributed by atoms with van der Waals surface area (Å²) in [6, 6.07) is 0. The zero-order valence-corrected chi connectivity index (χ0v) is 10.7. The van der Waals surface area contributed by atoms with E-state index in [1.165, 1.54) is 24.1 Å². The van der Waals surface area contributed by atoms with Gasteiger partial charge in [0.15, 0.2) is 0 Å². The molecule has 0 spiro atoms. The molecule has 0 aliphatic heterocycles. The van der Waals surface area contributed by atoms with Gasteiger partial charge in [-0.1, -0.05) is 32.6 Å². The molecule has 1 heteroatoms. The van der Waals surface area contributed by atoms with Gasteiger partial charge in [-0.2, -0.15) is 0 Å². The zero-order valence-electron chi connectivity index (χ0n) is 10.7. The Morgan fingerprint density at radius 2 is 1.73 bits per heavy atom. The van der Waals surface area contributed by atoms with Gasteiger partial charge in [-0.15, -0.1) is 0 Å². The van der Waals surface area contributed by atoms with Gasteiger partial charge in [0.2, 0.25) is 0 Å². The van der Waals surface area contributed by atoms with Crippen LogP contribution in [-0.2, 0) is 0 Å². The zero-order chi connectivity index (χ0) is 11.7. The van der Waals surface area contributed by atoms with E-state index in [1.807, 2.05) is 6.08 Å². The van der Waals surface area contributed by atoms with Crippen LogP contribution in [0.1, 0.15) is 40.5 Å². The van der Waals surface area contributed by atoms with Gasteiger partial charge in [0.05, 0.1) is 0 Å². The maximum Gasteiger partial charge on any atom is 0.0392 e. The summed E-state index contributed by atoms with van der Waals surface area (Å²) in [5, 5.41) is 0. The number of rotatable bonds is 7. The molecule has 0 radical (unpaired) electrons. The van der Waals surface area contributed by atoms with E-state index in [-0.39, 0.29) is 0 Å². The average molecular weight is 207 g/mol. The second kappa shape index (κ2) is 8.34. The van der Waals surface area contributed by atoms with Gasteiger partial charge in [0.25, 0.3) is 0 Å². The van der Waals surface area contributed by atoms with Crippen molar-refractivity contribution in [3.8, 4) is 0 Å². The topological polar surface area (TPSA) is 3.24 Å². The lowest BCUT2D eigenvalue weighted by Crippen LogP contribution is -2.24. The third-order valence-corrected chi connectivity index (χ3v) is 2.36. The van der Waals surface area contributed by atoms with Crippen molar-refractivity contribution in [2.45, 2.75) is 40.5 Å². The monoisotopic (exact) mass is 207 g/mol. The molecule has 0 aromatic heterocycles. The first-order valence-electron chi connectivity index (χ1n) is 5.92. The van der Waals surface area contributed by atoms with Crippen molar-refractivity contribution in [2.75, 3.05) is 13.1 Å². The molecule has 0 N–H and O–H groups in total. The normalized spacial score (nSPS) is 12.8. The van der Waals surface area contributed by atoms with Crippen molar-refractivity contribution in [1.29, 1.82) is 0 Å². The van der Waals surface area contributed by atoms with Crippen molar-refractivity contribution in [3.63, 3.8) is 0 Å². The first-order valence-corrected chi connectivity index (χ1v) is 5.92. The van der Waals surface area contributed by atoms with E-state index in [9.17, 15) is 0 Å². The van der Waals surface area contributed by atoms with E-state index in [0.717, 1.165) is 13.1 Å². The van der Waals surface area contributed by atoms with Crippen LogP contribution in [0.15, 0.2) is 36.1 Å². The molecule has 0 bridgehead atoms. The number of nitrogens with zero attached hydrogens (tertiary/aromatic N) is 1. The fourth-order valence-electron chi connectivity index (χ4n) is 1.64. The predicted molar refractivity (Wildman–Crippen MR) is 69.9 cm³/mol. The van der Waals surface area contributed by atoms with Crippen LogP contribution in [0.25, 0.3) is 0 Å². The van der Waals surface area contributed by atoms with E-state index in [0.29, 0.717) is 0 Å². The third-order valence-electron chi connectivity index (χ3n) is 2.36. The second-order valence-electron chi connectivity index (χ2n) is 3.76. The van der Waals surface area contributed by atoms with Crippen LogP contribution >= 0.6 is 0 Å². The lowest BCUT2D eigenvalue weighted by atomic mass is 10.1. The lowest BCUT2D eigenvalue weighted by molar-refractivity contribution is 0.352. The summed E-state index contributed by atoms with van der Waals surface area (Å²) in [6.45, 7) is 14.7. The van der Waals surface area contributed by atoms with Crippen LogP contribution in [-0.4, -0.2) is 18.0 Å². The highest BCUT2D eigenvalue weighted by Gasteiger charge is 2.06. The van der Waals surface area contributed by atoms with Crippen molar-refractivity contribution >= 4 is 0 Å². The summed E-state index contributed by atoms with van der Waals surface area (Å²) in [4.78, 5) is 2.44. The number of hydrogen-bond donors (Lipinski definition) is 0. The Kier molecular flexibility index (Phi) is 7.79. The Labute approximate surface area is 95.2 Å². The minimum Gasteiger partial charge on any atom is -0.371 e. The summed E-state index contributed by atoms with van der Waals surface area (Å²) in [7, 11) is 0. The lowest BCUT2D eigenvalue weighted by Gasteiger charge is -2.26. The number of hydrogen-bond acceptors (Lipinski definition) is 1. The van der Waals surface area contributed by atoms with Crippen LogP contribution in [0.3, 0.4) is 0 Å². The van der Waals surface area contributed by atoms with Gasteiger partial charge in [-0.25, -0.2) is 0 Å². The molecule has 0 unspecified atom stereocenters. The molecule has 0 aromatic carbocycles. The molecule has 0 heterocycles. The highest BCUT2D eigenvalue weighted by molar-refractivity contribution is 5.29. The Bertz CT molecular complexity index is 230. The van der Waals surface area contributed by atoms with E-state index in [4.69, 9.17) is 0 Å². The predicted octanol–water partition coefficient (Wildman–Crippen LogP) is 4.14. The Hall–Kier alpha value is -0.980. The van der Waals surface area contributed by atoms with Crippen molar-refractivity contribution in [3.05, 3.63) is 36.1 Å². The molecule has 0 aliphatic carbocycles. The molecule has 0 aliphatic rings. The minimum atomic E-state index is 1.12. The van der Waals surface area contributed by atoms with E-state index >= 15 is 0 Å². The fourth-order valence-corrected chi connectivity index (χ4v) is 1.64. The molecule has 86 valence electrons. The van der Waals surface area contributed by atoms with Gasteiger partial charge in [0.1, 0.15) is 0 Å². The summed E-state index contributed by atoms with van der Waals surface area (Å²) in [5.41, 5.74) is 2.58. The van der Waals surface area contributed by atoms with Gasteiger partial charge in [-0.3, -0.25) is 0 Å². The van der Waals surface area contributed by atoms with Crippen molar-refractivity contribution in [2.24, 2.45) is 0 Å². The molecule has 0 saturated carbocycles. The standard InChI is InChI=1S/C14H25N/c1-6-10-14(13(5)9-4)15(11-7-2)12-8-3/h6,9-10H,4,7-8,11-12H2,1-3,5H3/b10-6-,14-13+. The molecule has 0 atom stereocenters. The van der Waals surface area contributed by atoms with Gasteiger partial charge < -0.3 is 4.90 Å². The van der Waals surface area contributed by atoms with Gasteiger partial charge >= 0.3 is 0 Å². The SMILES string of the molecule is C=C/C(C)=C(\C=C/C)N(CCC)CCC. The first kappa shape index (κ1) is 14.0. The highest BCUT2D eigenvalue weighted by atomic mass is 15.1. The van der Waals surface area contributed by atoms with E-state index < -0.39 is 0 Å². The van der Waals surface area contributed by atoms with Gasteiger partial charge in [0, 0.05) is 18.8 Å². The van der Waals surface area contributed by atoms with Crippen molar-refractivity contribution in [1.82, 2.24) is 4.90 Å². The third kappa shape index (κ3) is 4.87. The Morgan fingerprint density at radius 3 is 2.07 bits per heavy atom. The molecular weight excluding hydrogens is 182 g/mol. The molecule has 0 rings (SSSR count). The molecule has 0 aromatic rings. The summed E-state index contributed by atoms with van der Waals surface area (Å²) >= 11 is 0. The van der Waals surface area contributed by atoms with Crippen LogP contribution in [0.2, 0.25) is 0 Å². The minimum absolute atomic E-state index is 1.12. The Morgan fingerprint density at radius 1 is 1.20 bits per heavy atom. The van der Waals surface area contributed by atoms with Gasteiger partial charge in [-0.05, 0) is 38.3 Å². The van der Waals surface area contributed by atoms with Crippen LogP contribution in [0.4, 0.5) is 0 Å². The molecule has 1 nitrogen and oxygen atoms in total. The molecule has 0 saturated heterocycles. The second-order valence-corrected chi connectivity index (χ2v) is 3.76. The Balaban J connectivity index is 4.90. The molecule has 15 heavy (non-hydrogen) atoms. The average Bonchev–Trinajstić information content (AvgIpc) is 2.25. The first-order chi connectivity index (χ1) is 7.21. The maximum absolute atomic E-state index is 3.85. The molecule has 0 amide bonds. The summed E-state index contributed by atoms with van der Waals surface area (Å²) in [5.74, 6) is 0. The van der Waals surface area contributed by atoms with Crippen LogP contribution in [0.5, 0.6) is 0 Å². The highest BCUT2D eigenvalue weighted by Crippen LogP contribution is 2.14. The largest absolute Gasteiger partial charge is 0.371 e. The summed E-state index contributed by atoms with van der Waals surface area (Å²) in [6.07, 6.45) is 8.59. The van der Waals surface area contributed by atoms with E-state index in [2.05, 4.69) is 51.3 Å². The summed E-state index contributed by atoms with van der Waals surface area (Å²) < 4.78 is 0. The fraction of sp³-hybridized carbons (Fsp3) is 0.571. The van der Waals surface area contributed by atoms with E-state index in [1.54, 1.807) is 0 Å². The molecular formula is C14H25N. The quantitative estimate of drug-likeness (QED) is 0.567. The van der Waals surface area contributed by atoms with Crippen LogP contribution in [0, 0.1) is 0 Å². The molecule has 0 fully saturated rings. The number of allylic oxidation sites excluding steroid dienone is 4. The maximum atomic E-state index is 3.85.